The van der Waals surface area contributed by atoms with E-state index < -0.39 is 0 Å². The fourth-order valence-corrected chi connectivity index (χ4v) is 1.13. The highest BCUT2D eigenvalue weighted by Crippen LogP contribution is 2.05. The van der Waals surface area contributed by atoms with Gasteiger partial charge in [0.2, 0.25) is 5.91 Å². The van der Waals surface area contributed by atoms with Gasteiger partial charge in [0.25, 0.3) is 0 Å². The van der Waals surface area contributed by atoms with Crippen LogP contribution in [0.15, 0.2) is 42.5 Å². The Labute approximate surface area is 88.8 Å². The Morgan fingerprint density at radius 2 is 1.93 bits per heavy atom. The summed E-state index contributed by atoms with van der Waals surface area (Å²) in [5.74, 6) is -0.477. The molecule has 1 aromatic rings. The van der Waals surface area contributed by atoms with Crippen LogP contribution in [0.5, 0.6) is 0 Å². The highest BCUT2D eigenvalue weighted by Gasteiger charge is 2.05. The average molecular weight is 203 g/mol. The predicted octanol–water partition coefficient (Wildman–Crippen LogP) is 2.16. The number of carbonyl (C=O) groups is 2. The highest BCUT2D eigenvalue weighted by molar-refractivity contribution is 6.08. The van der Waals surface area contributed by atoms with E-state index in [1.54, 1.807) is 25.1 Å². The smallest absolute Gasteiger partial charge is 0.232 e. The van der Waals surface area contributed by atoms with E-state index in [9.17, 15) is 9.59 Å². The first-order valence-corrected chi connectivity index (χ1v) is 4.73. The average Bonchev–Trinajstić information content (AvgIpc) is 2.19. The summed E-state index contributed by atoms with van der Waals surface area (Å²) in [6, 6.07) is 9.06. The Morgan fingerprint density at radius 1 is 1.27 bits per heavy atom. The summed E-state index contributed by atoms with van der Waals surface area (Å²) in [6.07, 6.45) is 2.90. The second kappa shape index (κ2) is 5.75. The lowest BCUT2D eigenvalue weighted by Gasteiger charge is -2.02. The number of amides is 1. The molecule has 0 aliphatic rings. The Balaban J connectivity index is 2.47. The lowest BCUT2D eigenvalue weighted by molar-refractivity contribution is -0.122. The monoisotopic (exact) mass is 203 g/mol. The molecule has 0 radical (unpaired) electrons. The molecule has 0 aliphatic heterocycles. The summed E-state index contributed by atoms with van der Waals surface area (Å²) >= 11 is 0. The van der Waals surface area contributed by atoms with E-state index in [-0.39, 0.29) is 18.1 Å². The van der Waals surface area contributed by atoms with Crippen molar-refractivity contribution >= 4 is 17.4 Å². The standard InChI is InChI=1S/C12H13NO2/c1-2-6-11(14)9-12(15)13-10-7-4-3-5-8-10/h2-8H,9H2,1H3,(H,13,15). The number of para-hydroxylation sites is 1. The number of anilines is 1. The van der Waals surface area contributed by atoms with Gasteiger partial charge in [-0.3, -0.25) is 9.59 Å². The van der Waals surface area contributed by atoms with Crippen molar-refractivity contribution in [3.63, 3.8) is 0 Å². The molecule has 3 heteroatoms. The SMILES string of the molecule is CC=CC(=O)CC(=O)Nc1ccccc1. The van der Waals surface area contributed by atoms with Crippen LogP contribution in [0.25, 0.3) is 0 Å². The third kappa shape index (κ3) is 4.22. The number of hydrogen-bond acceptors (Lipinski definition) is 2. The van der Waals surface area contributed by atoms with E-state index in [1.807, 2.05) is 18.2 Å². The van der Waals surface area contributed by atoms with Gasteiger partial charge in [0, 0.05) is 5.69 Å². The number of ketones is 1. The number of benzene rings is 1. The minimum atomic E-state index is -0.288. The van der Waals surface area contributed by atoms with Crippen LogP contribution in [-0.2, 0) is 9.59 Å². The maximum Gasteiger partial charge on any atom is 0.232 e. The quantitative estimate of drug-likeness (QED) is 0.602. The van der Waals surface area contributed by atoms with Crippen LogP contribution < -0.4 is 5.32 Å². The zero-order valence-corrected chi connectivity index (χ0v) is 8.57. The van der Waals surface area contributed by atoms with Crippen molar-refractivity contribution in [3.8, 4) is 0 Å². The molecule has 15 heavy (non-hydrogen) atoms. The van der Waals surface area contributed by atoms with Gasteiger partial charge in [-0.1, -0.05) is 24.3 Å². The lowest BCUT2D eigenvalue weighted by Crippen LogP contribution is -2.15. The first-order valence-electron chi connectivity index (χ1n) is 4.73. The molecule has 0 aromatic heterocycles. The second-order valence-corrected chi connectivity index (χ2v) is 3.06. The molecule has 1 aromatic carbocycles. The molecule has 0 heterocycles. The normalized spacial score (nSPS) is 10.2. The topological polar surface area (TPSA) is 46.2 Å². The van der Waals surface area contributed by atoms with Crippen LogP contribution in [0.3, 0.4) is 0 Å². The Bertz CT molecular complexity index is 368. The fourth-order valence-electron chi connectivity index (χ4n) is 1.13. The van der Waals surface area contributed by atoms with Gasteiger partial charge in [0.1, 0.15) is 0 Å². The van der Waals surface area contributed by atoms with Crippen molar-refractivity contribution in [2.75, 3.05) is 5.32 Å². The molecule has 0 fully saturated rings. The molecular weight excluding hydrogens is 190 g/mol. The molecule has 0 atom stereocenters. The van der Waals surface area contributed by atoms with E-state index in [4.69, 9.17) is 0 Å². The Kier molecular flexibility index (Phi) is 4.29. The van der Waals surface area contributed by atoms with Crippen molar-refractivity contribution in [3.05, 3.63) is 42.5 Å². The molecule has 1 amide bonds. The van der Waals surface area contributed by atoms with Gasteiger partial charge in [0.05, 0.1) is 6.42 Å². The van der Waals surface area contributed by atoms with Gasteiger partial charge in [-0.2, -0.15) is 0 Å². The van der Waals surface area contributed by atoms with Crippen molar-refractivity contribution in [2.24, 2.45) is 0 Å². The zero-order chi connectivity index (χ0) is 11.1. The molecule has 78 valence electrons. The number of carbonyl (C=O) groups excluding carboxylic acids is 2. The van der Waals surface area contributed by atoms with Gasteiger partial charge < -0.3 is 5.32 Å². The molecule has 0 unspecified atom stereocenters. The maximum atomic E-state index is 11.3. The molecule has 3 nitrogen and oxygen atoms in total. The van der Waals surface area contributed by atoms with Crippen molar-refractivity contribution < 1.29 is 9.59 Å². The summed E-state index contributed by atoms with van der Waals surface area (Å²) in [6.45, 7) is 1.74. The maximum absolute atomic E-state index is 11.3. The third-order valence-corrected chi connectivity index (χ3v) is 1.74. The van der Waals surface area contributed by atoms with Crippen molar-refractivity contribution in [2.45, 2.75) is 13.3 Å². The van der Waals surface area contributed by atoms with Gasteiger partial charge >= 0.3 is 0 Å². The number of hydrogen-bond donors (Lipinski definition) is 1. The summed E-state index contributed by atoms with van der Waals surface area (Å²) in [7, 11) is 0. The molecule has 1 rings (SSSR count). The van der Waals surface area contributed by atoms with Crippen molar-refractivity contribution in [1.29, 1.82) is 0 Å². The van der Waals surface area contributed by atoms with E-state index in [0.29, 0.717) is 5.69 Å². The number of rotatable bonds is 4. The second-order valence-electron chi connectivity index (χ2n) is 3.06. The summed E-state index contributed by atoms with van der Waals surface area (Å²) in [5.41, 5.74) is 0.704. The largest absolute Gasteiger partial charge is 0.326 e. The third-order valence-electron chi connectivity index (χ3n) is 1.74. The molecule has 0 bridgehead atoms. The van der Waals surface area contributed by atoms with Crippen LogP contribution in [-0.4, -0.2) is 11.7 Å². The van der Waals surface area contributed by atoms with Crippen LogP contribution in [0, 0.1) is 0 Å². The molecular formula is C12H13NO2. The van der Waals surface area contributed by atoms with Gasteiger partial charge in [0.15, 0.2) is 5.78 Å². The minimum Gasteiger partial charge on any atom is -0.326 e. The van der Waals surface area contributed by atoms with Crippen LogP contribution in [0.2, 0.25) is 0 Å². The molecule has 1 N–H and O–H groups in total. The van der Waals surface area contributed by atoms with E-state index in [0.717, 1.165) is 0 Å². The first-order chi connectivity index (χ1) is 7.22. The van der Waals surface area contributed by atoms with Crippen molar-refractivity contribution in [1.82, 2.24) is 0 Å². The summed E-state index contributed by atoms with van der Waals surface area (Å²) in [4.78, 5) is 22.4. The number of allylic oxidation sites excluding steroid dienone is 2. The van der Waals surface area contributed by atoms with Crippen LogP contribution >= 0.6 is 0 Å². The van der Waals surface area contributed by atoms with Gasteiger partial charge in [-0.25, -0.2) is 0 Å². The van der Waals surface area contributed by atoms with Gasteiger partial charge in [-0.05, 0) is 25.1 Å². The van der Waals surface area contributed by atoms with E-state index in [1.165, 1.54) is 6.08 Å². The minimum absolute atomic E-state index is 0.112. The first kappa shape index (κ1) is 11.2. The van der Waals surface area contributed by atoms with Crippen LogP contribution in [0.4, 0.5) is 5.69 Å². The molecule has 0 aliphatic carbocycles. The van der Waals surface area contributed by atoms with Gasteiger partial charge in [-0.15, -0.1) is 0 Å². The lowest BCUT2D eigenvalue weighted by atomic mass is 10.2. The zero-order valence-electron chi connectivity index (χ0n) is 8.57. The number of nitrogens with one attached hydrogen (secondary N) is 1. The Morgan fingerprint density at radius 3 is 2.53 bits per heavy atom. The molecule has 0 saturated carbocycles. The van der Waals surface area contributed by atoms with Crippen LogP contribution in [0.1, 0.15) is 13.3 Å². The van der Waals surface area contributed by atoms with E-state index >= 15 is 0 Å². The summed E-state index contributed by atoms with van der Waals surface area (Å²) in [5, 5.41) is 2.64. The Hall–Kier alpha value is -1.90. The fraction of sp³-hybridized carbons (Fsp3) is 0.167. The molecule has 0 saturated heterocycles. The molecule has 0 spiro atoms. The highest BCUT2D eigenvalue weighted by atomic mass is 16.2. The van der Waals surface area contributed by atoms with E-state index in [2.05, 4.69) is 5.32 Å². The summed E-state index contributed by atoms with van der Waals surface area (Å²) < 4.78 is 0. The predicted molar refractivity (Wildman–Crippen MR) is 59.5 cm³/mol.